The van der Waals surface area contributed by atoms with E-state index in [2.05, 4.69) is 34.8 Å². The highest BCUT2D eigenvalue weighted by Crippen LogP contribution is 2.62. The van der Waals surface area contributed by atoms with Crippen molar-refractivity contribution in [3.63, 3.8) is 0 Å². The molecular formula is C8H2Cl3F9O4. The second-order valence-corrected chi connectivity index (χ2v) is 5.62. The van der Waals surface area contributed by atoms with Crippen LogP contribution in [-0.2, 0) is 9.59 Å². The number of alkyl halides is 12. The van der Waals surface area contributed by atoms with Crippen LogP contribution in [0.5, 0.6) is 0 Å². The van der Waals surface area contributed by atoms with Gasteiger partial charge in [-0.3, -0.25) is 0 Å². The number of rotatable bonds is 7. The maximum Gasteiger partial charge on any atom is 0.395 e. The third-order valence-corrected chi connectivity index (χ3v) is 3.86. The zero-order chi connectivity index (χ0) is 20.2. The molecule has 0 aromatic rings. The Hall–Kier alpha value is -0.820. The Kier molecular flexibility index (Phi) is 5.67. The molecule has 0 heterocycles. The van der Waals surface area contributed by atoms with E-state index in [1.54, 1.807) is 0 Å². The van der Waals surface area contributed by atoms with Crippen LogP contribution in [-0.4, -0.2) is 55.3 Å². The number of hydrogen-bond acceptors (Lipinski definition) is 2. The van der Waals surface area contributed by atoms with E-state index in [1.807, 2.05) is 0 Å². The summed E-state index contributed by atoms with van der Waals surface area (Å²) in [5.41, 5.74) is 0. The van der Waals surface area contributed by atoms with E-state index >= 15 is 0 Å². The number of halogens is 12. The number of hydrogen-bond donors (Lipinski definition) is 2. The molecular weight excluding hydrogens is 437 g/mol. The average Bonchev–Trinajstić information content (AvgIpc) is 2.36. The first-order chi connectivity index (χ1) is 10.1. The van der Waals surface area contributed by atoms with E-state index in [9.17, 15) is 49.1 Å². The molecule has 0 fully saturated rings. The highest BCUT2D eigenvalue weighted by molar-refractivity contribution is 6.35. The number of carboxylic acids is 2. The second-order valence-electron chi connectivity index (χ2n) is 4.06. The van der Waals surface area contributed by atoms with E-state index < -0.39 is 45.1 Å². The predicted molar refractivity (Wildman–Crippen MR) is 59.2 cm³/mol. The van der Waals surface area contributed by atoms with Crippen LogP contribution in [0.4, 0.5) is 39.5 Å². The van der Waals surface area contributed by atoms with Gasteiger partial charge in [-0.15, -0.1) is 0 Å². The van der Waals surface area contributed by atoms with Gasteiger partial charge in [0.1, 0.15) is 0 Å². The molecule has 2 N–H and O–H groups in total. The molecule has 0 bridgehead atoms. The van der Waals surface area contributed by atoms with Crippen LogP contribution in [0.15, 0.2) is 0 Å². The predicted octanol–water partition coefficient (Wildman–Crippen LogP) is 3.78. The fourth-order valence-electron chi connectivity index (χ4n) is 1.06. The monoisotopic (exact) mass is 438 g/mol. The first-order valence-electron chi connectivity index (χ1n) is 4.87. The molecule has 0 rings (SSSR count). The summed E-state index contributed by atoms with van der Waals surface area (Å²) in [6, 6.07) is 0. The summed E-state index contributed by atoms with van der Waals surface area (Å²) in [6.45, 7) is 0. The standard InChI is InChI=1S/C8H2Cl3F9O4/c9-3(12,1(21)22)7(17,18)6(11,16)8(19,20)5(10,15)4(13,14)2(23)24/h(H,21,22)(H,23,24). The zero-order valence-electron chi connectivity index (χ0n) is 10.2. The lowest BCUT2D eigenvalue weighted by molar-refractivity contribution is -0.292. The molecule has 0 aliphatic rings. The highest BCUT2D eigenvalue weighted by atomic mass is 35.5. The van der Waals surface area contributed by atoms with Crippen molar-refractivity contribution in [2.24, 2.45) is 0 Å². The van der Waals surface area contributed by atoms with Crippen molar-refractivity contribution in [1.29, 1.82) is 0 Å². The number of carboxylic acid groups (broad SMARTS) is 2. The van der Waals surface area contributed by atoms with E-state index in [-0.39, 0.29) is 0 Å². The van der Waals surface area contributed by atoms with Crippen LogP contribution in [0, 0.1) is 0 Å². The van der Waals surface area contributed by atoms with Crippen molar-refractivity contribution in [2.75, 3.05) is 0 Å². The summed E-state index contributed by atoms with van der Waals surface area (Å²) in [7, 11) is 0. The largest absolute Gasteiger partial charge is 0.478 e. The maximum absolute atomic E-state index is 13.6. The Labute approximate surface area is 140 Å². The van der Waals surface area contributed by atoms with Crippen LogP contribution in [0.1, 0.15) is 0 Å². The summed E-state index contributed by atoms with van der Waals surface area (Å²) in [5, 5.41) is -2.98. The molecule has 0 aliphatic carbocycles. The molecule has 0 spiro atoms. The molecule has 24 heavy (non-hydrogen) atoms. The van der Waals surface area contributed by atoms with E-state index in [1.165, 1.54) is 0 Å². The van der Waals surface area contributed by atoms with Crippen LogP contribution < -0.4 is 0 Å². The van der Waals surface area contributed by atoms with Crippen LogP contribution in [0.25, 0.3) is 0 Å². The topological polar surface area (TPSA) is 74.6 Å². The summed E-state index contributed by atoms with van der Waals surface area (Å²) >= 11 is 11.9. The smallest absolute Gasteiger partial charge is 0.395 e. The molecule has 0 radical (unpaired) electrons. The normalized spacial score (nSPS) is 21.3. The molecule has 142 valence electrons. The third-order valence-electron chi connectivity index (χ3n) is 2.51. The van der Waals surface area contributed by atoms with Crippen molar-refractivity contribution in [2.45, 2.75) is 33.2 Å². The third kappa shape index (κ3) is 2.73. The van der Waals surface area contributed by atoms with Crippen LogP contribution in [0.3, 0.4) is 0 Å². The minimum absolute atomic E-state index is 3.50. The molecule has 0 aliphatic heterocycles. The summed E-state index contributed by atoms with van der Waals surface area (Å²) in [6.07, 6.45) is 0. The molecule has 3 unspecified atom stereocenters. The Balaban J connectivity index is 6.48. The molecule has 0 saturated carbocycles. The van der Waals surface area contributed by atoms with Crippen molar-refractivity contribution in [3.8, 4) is 0 Å². The number of aliphatic carboxylic acids is 2. The van der Waals surface area contributed by atoms with Gasteiger partial charge in [-0.1, -0.05) is 34.8 Å². The quantitative estimate of drug-likeness (QED) is 0.468. The lowest BCUT2D eigenvalue weighted by atomic mass is 9.94. The van der Waals surface area contributed by atoms with Crippen molar-refractivity contribution >= 4 is 46.7 Å². The molecule has 0 amide bonds. The highest BCUT2D eigenvalue weighted by Gasteiger charge is 2.89. The summed E-state index contributed by atoms with van der Waals surface area (Å²) < 4.78 is 120. The van der Waals surface area contributed by atoms with Crippen LogP contribution >= 0.6 is 34.8 Å². The van der Waals surface area contributed by atoms with Gasteiger partial charge < -0.3 is 10.2 Å². The fraction of sp³-hybridized carbons (Fsp3) is 0.750. The molecule has 4 nitrogen and oxygen atoms in total. The van der Waals surface area contributed by atoms with Gasteiger partial charge in [-0.2, -0.15) is 26.3 Å². The van der Waals surface area contributed by atoms with E-state index in [0.29, 0.717) is 0 Å². The molecule has 0 saturated heterocycles. The second kappa shape index (κ2) is 5.87. The van der Waals surface area contributed by atoms with Gasteiger partial charge in [0.25, 0.3) is 0 Å². The first-order valence-corrected chi connectivity index (χ1v) is 6.01. The van der Waals surface area contributed by atoms with Crippen LogP contribution in [0.2, 0.25) is 0 Å². The van der Waals surface area contributed by atoms with Gasteiger partial charge in [0.15, 0.2) is 0 Å². The summed E-state index contributed by atoms with van der Waals surface area (Å²) in [5.74, 6) is -27.6. The number of carbonyl (C=O) groups is 2. The van der Waals surface area contributed by atoms with Crippen molar-refractivity contribution < 1.29 is 59.3 Å². The minimum Gasteiger partial charge on any atom is -0.478 e. The van der Waals surface area contributed by atoms with Crippen molar-refractivity contribution in [3.05, 3.63) is 0 Å². The fourth-order valence-corrected chi connectivity index (χ4v) is 1.76. The lowest BCUT2D eigenvalue weighted by Gasteiger charge is -2.41. The Bertz CT molecular complexity index is 501. The Morgan fingerprint density at radius 3 is 1.21 bits per heavy atom. The van der Waals surface area contributed by atoms with Gasteiger partial charge >= 0.3 is 45.1 Å². The van der Waals surface area contributed by atoms with Crippen molar-refractivity contribution in [1.82, 2.24) is 0 Å². The van der Waals surface area contributed by atoms with E-state index in [4.69, 9.17) is 10.2 Å². The molecule has 3 atom stereocenters. The van der Waals surface area contributed by atoms with E-state index in [0.717, 1.165) is 0 Å². The summed E-state index contributed by atoms with van der Waals surface area (Å²) in [4.78, 5) is 20.2. The van der Waals surface area contributed by atoms with Gasteiger partial charge in [-0.05, 0) is 0 Å². The Morgan fingerprint density at radius 2 is 0.958 bits per heavy atom. The lowest BCUT2D eigenvalue weighted by Crippen LogP contribution is -2.71. The first kappa shape index (κ1) is 23.2. The van der Waals surface area contributed by atoms with Gasteiger partial charge in [0.2, 0.25) is 0 Å². The SMILES string of the molecule is O=C(O)C(F)(F)C(F)(Cl)C(F)(F)C(F)(Cl)C(F)(F)C(F)(Cl)C(=O)O. The van der Waals surface area contributed by atoms with Gasteiger partial charge in [0, 0.05) is 0 Å². The molecule has 16 heteroatoms. The minimum atomic E-state index is -7.09. The van der Waals surface area contributed by atoms with Gasteiger partial charge in [0.05, 0.1) is 0 Å². The molecule has 0 aromatic heterocycles. The van der Waals surface area contributed by atoms with Gasteiger partial charge in [-0.25, -0.2) is 22.8 Å². The Morgan fingerprint density at radius 1 is 0.625 bits per heavy atom. The molecule has 0 aromatic carbocycles. The average molecular weight is 439 g/mol. The zero-order valence-corrected chi connectivity index (χ0v) is 12.5. The maximum atomic E-state index is 13.6.